The molecule has 1 aliphatic rings. The van der Waals surface area contributed by atoms with E-state index in [4.69, 9.17) is 0 Å². The number of nitrogens with zero attached hydrogens (tertiary/aromatic N) is 4. The van der Waals surface area contributed by atoms with Gasteiger partial charge in [-0.1, -0.05) is 0 Å². The van der Waals surface area contributed by atoms with Gasteiger partial charge in [-0.05, 0) is 35.2 Å². The molecule has 2 aromatic heterocycles. The Labute approximate surface area is 131 Å². The summed E-state index contributed by atoms with van der Waals surface area (Å²) < 4.78 is 2.63. The van der Waals surface area contributed by atoms with Crippen LogP contribution in [0.2, 0.25) is 0 Å². The lowest BCUT2D eigenvalue weighted by Crippen LogP contribution is -2.36. The van der Waals surface area contributed by atoms with E-state index >= 15 is 0 Å². The van der Waals surface area contributed by atoms with Crippen LogP contribution in [-0.4, -0.2) is 44.8 Å². The standard InChI is InChI=1S/C14H18BrN5O/c15-11-10-20-9-6-17-14(20)13(18-11)16-5-4-12(21)19-7-2-1-3-8-19/h6,9-10H,1-5,7-8H2,(H,16,18). The summed E-state index contributed by atoms with van der Waals surface area (Å²) in [6.45, 7) is 2.37. The summed E-state index contributed by atoms with van der Waals surface area (Å²) in [5.74, 6) is 0.914. The van der Waals surface area contributed by atoms with Gasteiger partial charge >= 0.3 is 0 Å². The predicted molar refractivity (Wildman–Crippen MR) is 84.2 cm³/mol. The first-order chi connectivity index (χ1) is 10.2. The number of rotatable bonds is 4. The van der Waals surface area contributed by atoms with Crippen molar-refractivity contribution in [3.63, 3.8) is 0 Å². The number of hydrogen-bond acceptors (Lipinski definition) is 4. The number of imidazole rings is 1. The highest BCUT2D eigenvalue weighted by molar-refractivity contribution is 9.10. The summed E-state index contributed by atoms with van der Waals surface area (Å²) in [6, 6.07) is 0. The van der Waals surface area contributed by atoms with Crippen LogP contribution in [0.15, 0.2) is 23.2 Å². The molecule has 0 spiro atoms. The second-order valence-electron chi connectivity index (χ2n) is 5.19. The van der Waals surface area contributed by atoms with Gasteiger partial charge in [-0.2, -0.15) is 0 Å². The third kappa shape index (κ3) is 3.34. The van der Waals surface area contributed by atoms with E-state index in [1.54, 1.807) is 6.20 Å². The molecule has 0 aliphatic carbocycles. The quantitative estimate of drug-likeness (QED) is 0.917. The molecule has 3 heterocycles. The second-order valence-corrected chi connectivity index (χ2v) is 6.00. The van der Waals surface area contributed by atoms with Crippen LogP contribution in [-0.2, 0) is 4.79 Å². The highest BCUT2D eigenvalue weighted by Crippen LogP contribution is 2.17. The maximum Gasteiger partial charge on any atom is 0.224 e. The lowest BCUT2D eigenvalue weighted by atomic mass is 10.1. The Hall–Kier alpha value is -1.63. The topological polar surface area (TPSA) is 62.5 Å². The van der Waals surface area contributed by atoms with Gasteiger partial charge < -0.3 is 14.6 Å². The molecular formula is C14H18BrN5O. The van der Waals surface area contributed by atoms with Crippen molar-refractivity contribution in [1.29, 1.82) is 0 Å². The van der Waals surface area contributed by atoms with Crippen molar-refractivity contribution >= 4 is 33.3 Å². The van der Waals surface area contributed by atoms with Crippen LogP contribution < -0.4 is 5.32 Å². The van der Waals surface area contributed by atoms with Crippen LogP contribution in [0.3, 0.4) is 0 Å². The number of halogens is 1. The molecule has 1 aliphatic heterocycles. The molecule has 112 valence electrons. The van der Waals surface area contributed by atoms with Crippen LogP contribution in [0, 0.1) is 0 Å². The van der Waals surface area contributed by atoms with Crippen molar-refractivity contribution in [2.24, 2.45) is 0 Å². The van der Waals surface area contributed by atoms with E-state index in [2.05, 4.69) is 31.2 Å². The van der Waals surface area contributed by atoms with Crippen molar-refractivity contribution in [2.45, 2.75) is 25.7 Å². The van der Waals surface area contributed by atoms with E-state index in [1.807, 2.05) is 21.7 Å². The maximum absolute atomic E-state index is 12.1. The number of hydrogen-bond donors (Lipinski definition) is 1. The van der Waals surface area contributed by atoms with Gasteiger partial charge in [-0.25, -0.2) is 9.97 Å². The Morgan fingerprint density at radius 3 is 2.95 bits per heavy atom. The first-order valence-corrected chi connectivity index (χ1v) is 8.04. The first kappa shape index (κ1) is 14.3. The molecule has 0 bridgehead atoms. The zero-order valence-electron chi connectivity index (χ0n) is 11.8. The van der Waals surface area contributed by atoms with Gasteiger partial charge in [-0.15, -0.1) is 0 Å². The van der Waals surface area contributed by atoms with Gasteiger partial charge in [0.1, 0.15) is 4.60 Å². The van der Waals surface area contributed by atoms with Gasteiger partial charge in [0, 0.05) is 44.6 Å². The van der Waals surface area contributed by atoms with Crippen LogP contribution in [0.25, 0.3) is 5.65 Å². The summed E-state index contributed by atoms with van der Waals surface area (Å²) in [5, 5.41) is 3.21. The van der Waals surface area contributed by atoms with E-state index < -0.39 is 0 Å². The lowest BCUT2D eigenvalue weighted by Gasteiger charge is -2.26. The van der Waals surface area contributed by atoms with Gasteiger partial charge in [-0.3, -0.25) is 4.79 Å². The molecule has 2 aromatic rings. The van der Waals surface area contributed by atoms with Crippen LogP contribution >= 0.6 is 15.9 Å². The van der Waals surface area contributed by atoms with Crippen LogP contribution in [0.1, 0.15) is 25.7 Å². The summed E-state index contributed by atoms with van der Waals surface area (Å²) in [7, 11) is 0. The molecule has 0 aromatic carbocycles. The number of likely N-dealkylation sites (tertiary alicyclic amines) is 1. The number of carbonyl (C=O) groups is 1. The third-order valence-electron chi connectivity index (χ3n) is 3.68. The zero-order valence-corrected chi connectivity index (χ0v) is 13.3. The van der Waals surface area contributed by atoms with Crippen molar-refractivity contribution < 1.29 is 4.79 Å². The Morgan fingerprint density at radius 1 is 1.33 bits per heavy atom. The molecule has 1 fully saturated rings. The van der Waals surface area contributed by atoms with Gasteiger partial charge in [0.15, 0.2) is 11.5 Å². The Kier molecular flexibility index (Phi) is 4.38. The molecule has 21 heavy (non-hydrogen) atoms. The summed E-state index contributed by atoms with van der Waals surface area (Å²) in [6.07, 6.45) is 9.43. The Bertz CT molecular complexity index is 635. The van der Waals surface area contributed by atoms with Gasteiger partial charge in [0.25, 0.3) is 0 Å². The molecule has 0 radical (unpaired) electrons. The zero-order chi connectivity index (χ0) is 14.7. The fourth-order valence-electron chi connectivity index (χ4n) is 2.61. The third-order valence-corrected chi connectivity index (χ3v) is 4.07. The monoisotopic (exact) mass is 351 g/mol. The SMILES string of the molecule is O=C(CCNc1nc(Br)cn2ccnc12)N1CCCCC1. The van der Waals surface area contributed by atoms with Gasteiger partial charge in [0.2, 0.25) is 5.91 Å². The predicted octanol–water partition coefficient (Wildman–Crippen LogP) is 2.31. The number of piperidine rings is 1. The van der Waals surface area contributed by atoms with Gasteiger partial charge in [0.05, 0.1) is 0 Å². The van der Waals surface area contributed by atoms with Crippen molar-refractivity contribution in [2.75, 3.05) is 25.0 Å². The fourth-order valence-corrected chi connectivity index (χ4v) is 3.01. The fraction of sp³-hybridized carbons (Fsp3) is 0.500. The average Bonchev–Trinajstić information content (AvgIpc) is 2.96. The van der Waals surface area contributed by atoms with Crippen molar-refractivity contribution in [1.82, 2.24) is 19.3 Å². The number of carbonyl (C=O) groups excluding carboxylic acids is 1. The minimum Gasteiger partial charge on any atom is -0.366 e. The van der Waals surface area contributed by atoms with E-state index in [1.165, 1.54) is 6.42 Å². The molecular weight excluding hydrogens is 334 g/mol. The second kappa shape index (κ2) is 6.43. The largest absolute Gasteiger partial charge is 0.366 e. The van der Waals surface area contributed by atoms with E-state index in [0.29, 0.717) is 18.8 Å². The van der Waals surface area contributed by atoms with Crippen LogP contribution in [0.5, 0.6) is 0 Å². The minimum absolute atomic E-state index is 0.219. The average molecular weight is 352 g/mol. The van der Waals surface area contributed by atoms with Crippen LogP contribution in [0.4, 0.5) is 5.82 Å². The maximum atomic E-state index is 12.1. The molecule has 0 unspecified atom stereocenters. The minimum atomic E-state index is 0.219. The lowest BCUT2D eigenvalue weighted by molar-refractivity contribution is -0.131. The summed E-state index contributed by atoms with van der Waals surface area (Å²) in [4.78, 5) is 22.7. The number of fused-ring (bicyclic) bond motifs is 1. The normalized spacial score (nSPS) is 15.4. The number of anilines is 1. The first-order valence-electron chi connectivity index (χ1n) is 7.25. The molecule has 1 amide bonds. The highest BCUT2D eigenvalue weighted by Gasteiger charge is 2.16. The molecule has 3 rings (SSSR count). The summed E-state index contributed by atoms with van der Waals surface area (Å²) >= 11 is 3.38. The summed E-state index contributed by atoms with van der Waals surface area (Å²) in [5.41, 5.74) is 0.767. The van der Waals surface area contributed by atoms with Crippen molar-refractivity contribution in [3.05, 3.63) is 23.2 Å². The number of aromatic nitrogens is 3. The molecule has 6 nitrogen and oxygen atoms in total. The van der Waals surface area contributed by atoms with E-state index in [-0.39, 0.29) is 5.91 Å². The van der Waals surface area contributed by atoms with E-state index in [0.717, 1.165) is 36.2 Å². The molecule has 1 saturated heterocycles. The molecule has 0 atom stereocenters. The van der Waals surface area contributed by atoms with Crippen molar-refractivity contribution in [3.8, 4) is 0 Å². The number of amides is 1. The molecule has 0 saturated carbocycles. The molecule has 7 heteroatoms. The highest BCUT2D eigenvalue weighted by atomic mass is 79.9. The molecule has 1 N–H and O–H groups in total. The Morgan fingerprint density at radius 2 is 2.14 bits per heavy atom. The van der Waals surface area contributed by atoms with E-state index in [9.17, 15) is 4.79 Å². The number of nitrogens with one attached hydrogen (secondary N) is 1. The Balaban J connectivity index is 1.59. The smallest absolute Gasteiger partial charge is 0.224 e.